The number of aromatic nitrogens is 2. The summed E-state index contributed by atoms with van der Waals surface area (Å²) in [4.78, 5) is 41.5. The average Bonchev–Trinajstić information content (AvgIpc) is 3.44. The molecule has 3 aromatic rings. The van der Waals surface area contributed by atoms with Gasteiger partial charge in [0.1, 0.15) is 11.5 Å². The molecule has 1 saturated heterocycles. The summed E-state index contributed by atoms with van der Waals surface area (Å²) in [5.74, 6) is -0.324. The first-order valence-electron chi connectivity index (χ1n) is 10.3. The lowest BCUT2D eigenvalue weighted by atomic mass is 10.1. The first kappa shape index (κ1) is 20.3. The Bertz CT molecular complexity index is 1160. The molecular weight excluding hydrogens is 429 g/mol. The molecule has 32 heavy (non-hydrogen) atoms. The highest BCUT2D eigenvalue weighted by molar-refractivity contribution is 7.11. The molecule has 0 atom stereocenters. The average molecular weight is 450 g/mol. The van der Waals surface area contributed by atoms with Gasteiger partial charge in [-0.1, -0.05) is 18.2 Å². The van der Waals surface area contributed by atoms with E-state index in [0.717, 1.165) is 4.88 Å². The molecular formula is C23H20FN5O2S. The maximum absolute atomic E-state index is 13.4. The lowest BCUT2D eigenvalue weighted by molar-refractivity contribution is -0.138. The number of halogens is 1. The Balaban J connectivity index is 1.41. The highest BCUT2D eigenvalue weighted by Crippen LogP contribution is 2.35. The molecule has 162 valence electrons. The fourth-order valence-electron chi connectivity index (χ4n) is 4.00. The summed E-state index contributed by atoms with van der Waals surface area (Å²) in [6.07, 6.45) is 3.41. The maximum atomic E-state index is 13.4. The molecule has 0 N–H and O–H groups in total. The molecule has 5 rings (SSSR count). The summed E-state index contributed by atoms with van der Waals surface area (Å²) in [5, 5.41) is 1.89. The number of hydrogen-bond donors (Lipinski definition) is 0. The number of rotatable bonds is 5. The van der Waals surface area contributed by atoms with Crippen molar-refractivity contribution >= 4 is 34.7 Å². The Hall–Kier alpha value is -3.59. The monoisotopic (exact) mass is 449 g/mol. The SMILES string of the molecule is O=C1C(c2cccs2)=C(N2CCN(c3ncccn3)CC2)C(=O)N1Cc1ccc(F)cc1. The molecule has 2 aromatic heterocycles. The fourth-order valence-corrected chi connectivity index (χ4v) is 4.76. The van der Waals surface area contributed by atoms with Crippen molar-refractivity contribution in [3.05, 3.63) is 82.2 Å². The minimum atomic E-state index is -0.355. The van der Waals surface area contributed by atoms with Gasteiger partial charge in [-0.2, -0.15) is 0 Å². The molecule has 2 aliphatic rings. The molecule has 2 aliphatic heterocycles. The summed E-state index contributed by atoms with van der Waals surface area (Å²) in [6, 6.07) is 11.4. The smallest absolute Gasteiger partial charge is 0.278 e. The van der Waals surface area contributed by atoms with Crippen molar-refractivity contribution in [2.24, 2.45) is 0 Å². The van der Waals surface area contributed by atoms with Gasteiger partial charge in [0.2, 0.25) is 5.95 Å². The number of carbonyl (C=O) groups is 2. The number of hydrogen-bond acceptors (Lipinski definition) is 7. The molecule has 7 nitrogen and oxygen atoms in total. The minimum Gasteiger partial charge on any atom is -0.363 e. The maximum Gasteiger partial charge on any atom is 0.278 e. The van der Waals surface area contributed by atoms with Crippen LogP contribution in [0.1, 0.15) is 10.4 Å². The zero-order valence-electron chi connectivity index (χ0n) is 17.1. The Morgan fingerprint density at radius 1 is 0.875 bits per heavy atom. The second-order valence-corrected chi connectivity index (χ2v) is 8.49. The van der Waals surface area contributed by atoms with Gasteiger partial charge in [-0.15, -0.1) is 11.3 Å². The number of carbonyl (C=O) groups excluding carboxylic acids is 2. The van der Waals surface area contributed by atoms with Crippen molar-refractivity contribution in [1.29, 1.82) is 0 Å². The van der Waals surface area contributed by atoms with Crippen molar-refractivity contribution < 1.29 is 14.0 Å². The third-order valence-electron chi connectivity index (χ3n) is 5.60. The summed E-state index contributed by atoms with van der Waals surface area (Å²) in [5.41, 5.74) is 1.58. The van der Waals surface area contributed by atoms with Gasteiger partial charge in [0.15, 0.2) is 0 Å². The fraction of sp³-hybridized carbons (Fsp3) is 0.217. The van der Waals surface area contributed by atoms with Crippen LogP contribution in [0.15, 0.2) is 65.9 Å². The first-order valence-corrected chi connectivity index (χ1v) is 11.2. The summed E-state index contributed by atoms with van der Waals surface area (Å²) >= 11 is 1.44. The molecule has 0 bridgehead atoms. The van der Waals surface area contributed by atoms with E-state index in [-0.39, 0.29) is 24.2 Å². The zero-order valence-corrected chi connectivity index (χ0v) is 18.0. The van der Waals surface area contributed by atoms with E-state index in [9.17, 15) is 14.0 Å². The Morgan fingerprint density at radius 3 is 2.22 bits per heavy atom. The van der Waals surface area contributed by atoms with Gasteiger partial charge < -0.3 is 9.80 Å². The lowest BCUT2D eigenvalue weighted by Gasteiger charge is -2.36. The number of thiophene rings is 1. The van der Waals surface area contributed by atoms with E-state index in [4.69, 9.17) is 0 Å². The van der Waals surface area contributed by atoms with E-state index in [2.05, 4.69) is 14.9 Å². The van der Waals surface area contributed by atoms with Crippen LogP contribution >= 0.6 is 11.3 Å². The van der Waals surface area contributed by atoms with Crippen molar-refractivity contribution in [3.63, 3.8) is 0 Å². The van der Waals surface area contributed by atoms with Gasteiger partial charge in [0.25, 0.3) is 11.8 Å². The molecule has 2 amide bonds. The molecule has 0 unspecified atom stereocenters. The molecule has 0 aliphatic carbocycles. The first-order chi connectivity index (χ1) is 15.6. The lowest BCUT2D eigenvalue weighted by Crippen LogP contribution is -2.48. The number of nitrogens with zero attached hydrogens (tertiary/aromatic N) is 5. The van der Waals surface area contributed by atoms with Crippen LogP contribution in [0.25, 0.3) is 5.57 Å². The predicted octanol–water partition coefficient (Wildman–Crippen LogP) is 2.78. The van der Waals surface area contributed by atoms with Gasteiger partial charge in [-0.3, -0.25) is 14.5 Å². The highest BCUT2D eigenvalue weighted by Gasteiger charge is 2.42. The van der Waals surface area contributed by atoms with Crippen molar-refractivity contribution in [2.75, 3.05) is 31.1 Å². The van der Waals surface area contributed by atoms with Crippen LogP contribution in [-0.2, 0) is 16.1 Å². The van der Waals surface area contributed by atoms with E-state index >= 15 is 0 Å². The van der Waals surface area contributed by atoms with E-state index < -0.39 is 0 Å². The number of amides is 2. The van der Waals surface area contributed by atoms with Gasteiger partial charge in [0.05, 0.1) is 12.1 Å². The summed E-state index contributed by atoms with van der Waals surface area (Å²) in [7, 11) is 0. The predicted molar refractivity (Wildman–Crippen MR) is 119 cm³/mol. The zero-order chi connectivity index (χ0) is 22.1. The number of benzene rings is 1. The van der Waals surface area contributed by atoms with Crippen LogP contribution in [0.2, 0.25) is 0 Å². The van der Waals surface area contributed by atoms with Crippen LogP contribution in [0.5, 0.6) is 0 Å². The molecule has 1 aromatic carbocycles. The molecule has 1 fully saturated rings. The highest BCUT2D eigenvalue weighted by atomic mass is 32.1. The topological polar surface area (TPSA) is 69.6 Å². The second-order valence-electron chi connectivity index (χ2n) is 7.55. The third-order valence-corrected chi connectivity index (χ3v) is 6.48. The van der Waals surface area contributed by atoms with Gasteiger partial charge in [0, 0.05) is 43.4 Å². The Morgan fingerprint density at radius 2 is 1.56 bits per heavy atom. The third kappa shape index (κ3) is 3.75. The van der Waals surface area contributed by atoms with Crippen LogP contribution < -0.4 is 4.90 Å². The largest absolute Gasteiger partial charge is 0.363 e. The van der Waals surface area contributed by atoms with E-state index in [1.165, 1.54) is 28.4 Å². The normalized spacial score (nSPS) is 17.0. The standard InChI is InChI=1S/C23H20FN5O2S/c24-17-6-4-16(5-7-17)15-29-21(30)19(18-3-1-14-32-18)20(22(29)31)27-10-12-28(13-11-27)23-25-8-2-9-26-23/h1-9,14H,10-13,15H2. The molecule has 0 radical (unpaired) electrons. The number of anilines is 1. The van der Waals surface area contributed by atoms with Gasteiger partial charge >= 0.3 is 0 Å². The Labute approximate surface area is 188 Å². The molecule has 4 heterocycles. The summed E-state index contributed by atoms with van der Waals surface area (Å²) < 4.78 is 13.3. The Kier molecular flexibility index (Phi) is 5.40. The van der Waals surface area contributed by atoms with Gasteiger partial charge in [-0.25, -0.2) is 14.4 Å². The van der Waals surface area contributed by atoms with Crippen LogP contribution in [-0.4, -0.2) is 57.8 Å². The number of piperazine rings is 1. The molecule has 0 spiro atoms. The minimum absolute atomic E-state index is 0.105. The van der Waals surface area contributed by atoms with Crippen LogP contribution in [0, 0.1) is 5.82 Å². The van der Waals surface area contributed by atoms with E-state index in [1.807, 2.05) is 22.4 Å². The van der Waals surface area contributed by atoms with E-state index in [0.29, 0.717) is 49.0 Å². The van der Waals surface area contributed by atoms with Crippen molar-refractivity contribution in [2.45, 2.75) is 6.54 Å². The quantitative estimate of drug-likeness (QED) is 0.558. The van der Waals surface area contributed by atoms with Crippen molar-refractivity contribution in [1.82, 2.24) is 19.8 Å². The van der Waals surface area contributed by atoms with Gasteiger partial charge in [-0.05, 0) is 35.2 Å². The second kappa shape index (κ2) is 8.51. The molecule has 0 saturated carbocycles. The van der Waals surface area contributed by atoms with Crippen LogP contribution in [0.3, 0.4) is 0 Å². The summed E-state index contributed by atoms with van der Waals surface area (Å²) in [6.45, 7) is 2.54. The van der Waals surface area contributed by atoms with E-state index in [1.54, 1.807) is 30.6 Å². The van der Waals surface area contributed by atoms with Crippen molar-refractivity contribution in [3.8, 4) is 0 Å². The van der Waals surface area contributed by atoms with Crippen LogP contribution in [0.4, 0.5) is 10.3 Å². The molecule has 9 heteroatoms. The number of imide groups is 1.